The molecule has 2 heterocycles. The van der Waals surface area contributed by atoms with Crippen LogP contribution in [0.5, 0.6) is 0 Å². The molecule has 0 atom stereocenters. The van der Waals surface area contributed by atoms with E-state index in [0.717, 1.165) is 21.9 Å². The highest BCUT2D eigenvalue weighted by molar-refractivity contribution is 6.06. The van der Waals surface area contributed by atoms with E-state index in [1.807, 2.05) is 36.5 Å². The molecule has 5 heteroatoms. The molecule has 0 aliphatic heterocycles. The first kappa shape index (κ1) is 17.1. The van der Waals surface area contributed by atoms with Gasteiger partial charge in [0.1, 0.15) is 0 Å². The molecule has 27 heavy (non-hydrogen) atoms. The van der Waals surface area contributed by atoms with Gasteiger partial charge >= 0.3 is 0 Å². The maximum absolute atomic E-state index is 12.6. The van der Waals surface area contributed by atoms with Gasteiger partial charge in [-0.05, 0) is 46.7 Å². The van der Waals surface area contributed by atoms with Crippen LogP contribution >= 0.6 is 0 Å². The Balaban J connectivity index is 1.69. The third kappa shape index (κ3) is 3.24. The van der Waals surface area contributed by atoms with E-state index in [0.29, 0.717) is 16.8 Å². The molecule has 5 nitrogen and oxygen atoms in total. The molecular formula is C22H21N3O2. The number of amides is 1. The van der Waals surface area contributed by atoms with Gasteiger partial charge in [0.2, 0.25) is 5.56 Å². The predicted molar refractivity (Wildman–Crippen MR) is 110 cm³/mol. The Labute approximate surface area is 156 Å². The van der Waals surface area contributed by atoms with Crippen molar-refractivity contribution in [2.75, 3.05) is 5.32 Å². The molecule has 4 rings (SSSR count). The number of hydrogen-bond acceptors (Lipinski definition) is 2. The molecule has 1 amide bonds. The molecule has 0 unspecified atom stereocenters. The Bertz CT molecular complexity index is 1230. The van der Waals surface area contributed by atoms with E-state index in [-0.39, 0.29) is 16.9 Å². The molecule has 0 radical (unpaired) electrons. The van der Waals surface area contributed by atoms with E-state index >= 15 is 0 Å². The second-order valence-corrected chi connectivity index (χ2v) is 7.79. The van der Waals surface area contributed by atoms with Crippen LogP contribution in [0, 0.1) is 0 Å². The monoisotopic (exact) mass is 359 g/mol. The SMILES string of the molecule is CC(C)(C)c1cc(=O)[nH]c2cc(NC(=O)c3ccc4cc[nH]c4c3)ccc12. The van der Waals surface area contributed by atoms with Gasteiger partial charge in [0, 0.05) is 34.4 Å². The van der Waals surface area contributed by atoms with Crippen molar-refractivity contribution in [2.45, 2.75) is 26.2 Å². The van der Waals surface area contributed by atoms with Crippen LogP contribution in [0.25, 0.3) is 21.8 Å². The summed E-state index contributed by atoms with van der Waals surface area (Å²) >= 11 is 0. The van der Waals surface area contributed by atoms with Crippen molar-refractivity contribution in [3.8, 4) is 0 Å². The molecule has 4 aromatic rings. The number of aromatic nitrogens is 2. The van der Waals surface area contributed by atoms with Crippen LogP contribution in [0.2, 0.25) is 0 Å². The van der Waals surface area contributed by atoms with Crippen LogP contribution in [0.1, 0.15) is 36.7 Å². The van der Waals surface area contributed by atoms with E-state index < -0.39 is 0 Å². The number of benzene rings is 2. The molecule has 0 saturated carbocycles. The number of fused-ring (bicyclic) bond motifs is 2. The lowest BCUT2D eigenvalue weighted by atomic mass is 9.85. The number of aromatic amines is 2. The van der Waals surface area contributed by atoms with Gasteiger partial charge in [-0.1, -0.05) is 32.9 Å². The van der Waals surface area contributed by atoms with E-state index in [1.54, 1.807) is 18.2 Å². The fourth-order valence-electron chi connectivity index (χ4n) is 3.35. The minimum atomic E-state index is -0.194. The van der Waals surface area contributed by atoms with Crippen LogP contribution in [0.3, 0.4) is 0 Å². The van der Waals surface area contributed by atoms with Gasteiger partial charge in [-0.2, -0.15) is 0 Å². The Morgan fingerprint density at radius 2 is 1.78 bits per heavy atom. The second kappa shape index (κ2) is 6.13. The first-order valence-corrected chi connectivity index (χ1v) is 8.87. The zero-order valence-electron chi connectivity index (χ0n) is 15.5. The van der Waals surface area contributed by atoms with E-state index in [2.05, 4.69) is 36.1 Å². The summed E-state index contributed by atoms with van der Waals surface area (Å²) in [6, 6.07) is 14.7. The summed E-state index contributed by atoms with van der Waals surface area (Å²) in [6.45, 7) is 6.23. The van der Waals surface area contributed by atoms with Crippen LogP contribution in [0.4, 0.5) is 5.69 Å². The molecule has 0 bridgehead atoms. The Hall–Kier alpha value is -3.34. The first-order valence-electron chi connectivity index (χ1n) is 8.87. The summed E-state index contributed by atoms with van der Waals surface area (Å²) < 4.78 is 0. The van der Waals surface area contributed by atoms with Crippen LogP contribution < -0.4 is 10.9 Å². The fraction of sp³-hybridized carbons (Fsp3) is 0.182. The lowest BCUT2D eigenvalue weighted by Crippen LogP contribution is -2.17. The number of rotatable bonds is 2. The van der Waals surface area contributed by atoms with Gasteiger partial charge in [0.25, 0.3) is 5.91 Å². The van der Waals surface area contributed by atoms with Crippen LogP contribution in [-0.2, 0) is 5.41 Å². The third-order valence-corrected chi connectivity index (χ3v) is 4.73. The van der Waals surface area contributed by atoms with Crippen molar-refractivity contribution in [1.82, 2.24) is 9.97 Å². The van der Waals surface area contributed by atoms with Gasteiger partial charge in [0.15, 0.2) is 0 Å². The number of pyridine rings is 1. The number of H-pyrrole nitrogens is 2. The van der Waals surface area contributed by atoms with Gasteiger partial charge in [-0.25, -0.2) is 0 Å². The van der Waals surface area contributed by atoms with E-state index in [1.165, 1.54) is 0 Å². The van der Waals surface area contributed by atoms with Crippen molar-refractivity contribution in [2.24, 2.45) is 0 Å². The summed E-state index contributed by atoms with van der Waals surface area (Å²) in [5.41, 5.74) is 3.53. The normalized spacial score (nSPS) is 11.8. The average Bonchev–Trinajstić information content (AvgIpc) is 3.07. The van der Waals surface area contributed by atoms with Crippen molar-refractivity contribution in [3.63, 3.8) is 0 Å². The molecule has 0 aliphatic rings. The Morgan fingerprint density at radius 3 is 2.56 bits per heavy atom. The smallest absolute Gasteiger partial charge is 0.255 e. The van der Waals surface area contributed by atoms with Crippen molar-refractivity contribution >= 4 is 33.4 Å². The van der Waals surface area contributed by atoms with Gasteiger partial charge in [0.05, 0.1) is 5.52 Å². The molecule has 0 spiro atoms. The van der Waals surface area contributed by atoms with Gasteiger partial charge in [-0.3, -0.25) is 9.59 Å². The van der Waals surface area contributed by atoms with Gasteiger partial charge in [-0.15, -0.1) is 0 Å². The number of carbonyl (C=O) groups is 1. The number of nitrogens with one attached hydrogen (secondary N) is 3. The molecule has 2 aromatic heterocycles. The molecule has 2 aromatic carbocycles. The first-order chi connectivity index (χ1) is 12.8. The van der Waals surface area contributed by atoms with Crippen LogP contribution in [0.15, 0.2) is 59.5 Å². The maximum Gasteiger partial charge on any atom is 0.255 e. The summed E-state index contributed by atoms with van der Waals surface area (Å²) in [4.78, 5) is 30.6. The Morgan fingerprint density at radius 1 is 0.963 bits per heavy atom. The van der Waals surface area contributed by atoms with Crippen molar-refractivity contribution < 1.29 is 4.79 Å². The molecule has 136 valence electrons. The summed E-state index contributed by atoms with van der Waals surface area (Å²) in [6.07, 6.45) is 1.85. The molecule has 0 aliphatic carbocycles. The number of anilines is 1. The van der Waals surface area contributed by atoms with Crippen LogP contribution in [-0.4, -0.2) is 15.9 Å². The zero-order chi connectivity index (χ0) is 19.2. The molecule has 0 fully saturated rings. The number of hydrogen-bond donors (Lipinski definition) is 3. The lowest BCUT2D eigenvalue weighted by Gasteiger charge is -2.21. The fourth-order valence-corrected chi connectivity index (χ4v) is 3.35. The highest BCUT2D eigenvalue weighted by Crippen LogP contribution is 2.29. The standard InChI is InChI=1S/C22H21N3O2/c1-22(2,3)17-12-20(26)25-19-11-15(6-7-16(17)19)24-21(27)14-5-4-13-8-9-23-18(13)10-14/h4-12,23H,1-3H3,(H,24,27)(H,25,26). The highest BCUT2D eigenvalue weighted by atomic mass is 16.1. The van der Waals surface area contributed by atoms with E-state index in [4.69, 9.17) is 0 Å². The molecule has 3 N–H and O–H groups in total. The highest BCUT2D eigenvalue weighted by Gasteiger charge is 2.18. The second-order valence-electron chi connectivity index (χ2n) is 7.79. The maximum atomic E-state index is 12.6. The Kier molecular flexibility index (Phi) is 3.88. The molecule has 0 saturated heterocycles. The minimum absolute atomic E-state index is 0.145. The predicted octanol–water partition coefficient (Wildman–Crippen LogP) is 4.56. The summed E-state index contributed by atoms with van der Waals surface area (Å²) in [5.74, 6) is -0.194. The quantitative estimate of drug-likeness (QED) is 0.491. The zero-order valence-corrected chi connectivity index (χ0v) is 15.5. The topological polar surface area (TPSA) is 77.8 Å². The minimum Gasteiger partial charge on any atom is -0.361 e. The summed E-state index contributed by atoms with van der Waals surface area (Å²) in [7, 11) is 0. The largest absolute Gasteiger partial charge is 0.361 e. The van der Waals surface area contributed by atoms with Crippen molar-refractivity contribution in [1.29, 1.82) is 0 Å². The molecular weight excluding hydrogens is 338 g/mol. The average molecular weight is 359 g/mol. The third-order valence-electron chi connectivity index (χ3n) is 4.73. The van der Waals surface area contributed by atoms with Gasteiger partial charge < -0.3 is 15.3 Å². The number of carbonyl (C=O) groups excluding carboxylic acids is 1. The van der Waals surface area contributed by atoms with Crippen molar-refractivity contribution in [3.05, 3.63) is 76.2 Å². The lowest BCUT2D eigenvalue weighted by molar-refractivity contribution is 0.102. The summed E-state index contributed by atoms with van der Waals surface area (Å²) in [5, 5.41) is 4.95. The van der Waals surface area contributed by atoms with E-state index in [9.17, 15) is 9.59 Å².